The van der Waals surface area contributed by atoms with Crippen LogP contribution in [0.2, 0.25) is 0 Å². The smallest absolute Gasteiger partial charge is 0.123 e. The molecule has 0 aliphatic heterocycles. The third kappa shape index (κ3) is 4.61. The molecule has 1 heteroatoms. The predicted molar refractivity (Wildman–Crippen MR) is 68.4 cm³/mol. The van der Waals surface area contributed by atoms with Crippen LogP contribution in [0.1, 0.15) is 38.7 Å². The Balaban J connectivity index is 2.19. The summed E-state index contributed by atoms with van der Waals surface area (Å²) in [6.07, 6.45) is 5.61. The van der Waals surface area contributed by atoms with Crippen molar-refractivity contribution in [2.45, 2.75) is 39.5 Å². The van der Waals surface area contributed by atoms with Crippen molar-refractivity contribution in [3.8, 4) is 0 Å². The van der Waals surface area contributed by atoms with E-state index in [9.17, 15) is 4.79 Å². The number of benzene rings is 1. The van der Waals surface area contributed by atoms with Crippen molar-refractivity contribution in [1.29, 1.82) is 0 Å². The van der Waals surface area contributed by atoms with Gasteiger partial charge in [0.15, 0.2) is 0 Å². The predicted octanol–water partition coefficient (Wildman–Crippen LogP) is 3.87. The molecule has 1 aromatic carbocycles. The fourth-order valence-corrected chi connectivity index (χ4v) is 1.91. The first-order valence-corrected chi connectivity index (χ1v) is 6.23. The quantitative estimate of drug-likeness (QED) is 0.501. The third-order valence-corrected chi connectivity index (χ3v) is 3.13. The highest BCUT2D eigenvalue weighted by atomic mass is 16.1. The molecule has 1 rings (SSSR count). The normalized spacial score (nSPS) is 12.7. The highest BCUT2D eigenvalue weighted by molar-refractivity contribution is 5.53. The SMILES string of the molecule is CC(C)C(C=O)CCCCc1ccccc1. The summed E-state index contributed by atoms with van der Waals surface area (Å²) in [7, 11) is 0. The Morgan fingerprint density at radius 2 is 1.81 bits per heavy atom. The van der Waals surface area contributed by atoms with Crippen LogP contribution in [0.25, 0.3) is 0 Å². The van der Waals surface area contributed by atoms with Crippen molar-refractivity contribution in [3.63, 3.8) is 0 Å². The lowest BCUT2D eigenvalue weighted by Gasteiger charge is -2.13. The van der Waals surface area contributed by atoms with E-state index in [1.165, 1.54) is 12.0 Å². The summed E-state index contributed by atoms with van der Waals surface area (Å²) < 4.78 is 0. The minimum atomic E-state index is 0.246. The second-order valence-electron chi connectivity index (χ2n) is 4.78. The number of hydrogen-bond acceptors (Lipinski definition) is 1. The molecular weight excluding hydrogens is 196 g/mol. The molecule has 0 fully saturated rings. The van der Waals surface area contributed by atoms with Gasteiger partial charge in [0.25, 0.3) is 0 Å². The zero-order chi connectivity index (χ0) is 11.8. The van der Waals surface area contributed by atoms with Gasteiger partial charge in [-0.2, -0.15) is 0 Å². The topological polar surface area (TPSA) is 17.1 Å². The van der Waals surface area contributed by atoms with Crippen molar-refractivity contribution in [2.75, 3.05) is 0 Å². The molecule has 0 heterocycles. The van der Waals surface area contributed by atoms with Crippen LogP contribution >= 0.6 is 0 Å². The molecular formula is C15H22O. The van der Waals surface area contributed by atoms with E-state index in [1.54, 1.807) is 0 Å². The van der Waals surface area contributed by atoms with E-state index in [-0.39, 0.29) is 5.92 Å². The van der Waals surface area contributed by atoms with E-state index in [0.29, 0.717) is 5.92 Å². The monoisotopic (exact) mass is 218 g/mol. The molecule has 0 saturated heterocycles. The second kappa shape index (κ2) is 7.21. The fraction of sp³-hybridized carbons (Fsp3) is 0.533. The van der Waals surface area contributed by atoms with Gasteiger partial charge in [0.2, 0.25) is 0 Å². The average molecular weight is 218 g/mol. The largest absolute Gasteiger partial charge is 0.303 e. The molecule has 0 bridgehead atoms. The van der Waals surface area contributed by atoms with Gasteiger partial charge in [-0.25, -0.2) is 0 Å². The van der Waals surface area contributed by atoms with E-state index < -0.39 is 0 Å². The summed E-state index contributed by atoms with van der Waals surface area (Å²) in [6, 6.07) is 10.5. The number of unbranched alkanes of at least 4 members (excludes halogenated alkanes) is 1. The summed E-state index contributed by atoms with van der Waals surface area (Å²) in [5, 5.41) is 0. The minimum Gasteiger partial charge on any atom is -0.303 e. The van der Waals surface area contributed by atoms with Crippen LogP contribution in [-0.4, -0.2) is 6.29 Å². The standard InChI is InChI=1S/C15H22O/c1-13(2)15(12-16)11-7-6-10-14-8-4-3-5-9-14/h3-5,8-9,12-13,15H,6-7,10-11H2,1-2H3. The minimum absolute atomic E-state index is 0.246. The van der Waals surface area contributed by atoms with Gasteiger partial charge in [-0.05, 0) is 30.7 Å². The van der Waals surface area contributed by atoms with Crippen LogP contribution in [0.15, 0.2) is 30.3 Å². The molecule has 88 valence electrons. The van der Waals surface area contributed by atoms with Crippen LogP contribution in [0.4, 0.5) is 0 Å². The first kappa shape index (κ1) is 13.0. The zero-order valence-electron chi connectivity index (χ0n) is 10.4. The van der Waals surface area contributed by atoms with E-state index in [4.69, 9.17) is 0 Å². The summed E-state index contributed by atoms with van der Waals surface area (Å²) in [5.74, 6) is 0.727. The highest BCUT2D eigenvalue weighted by Gasteiger charge is 2.10. The number of aryl methyl sites for hydroxylation is 1. The molecule has 1 aromatic rings. The van der Waals surface area contributed by atoms with Crippen LogP contribution in [-0.2, 0) is 11.2 Å². The lowest BCUT2D eigenvalue weighted by atomic mass is 9.91. The lowest BCUT2D eigenvalue weighted by Crippen LogP contribution is -2.09. The van der Waals surface area contributed by atoms with Crippen molar-refractivity contribution >= 4 is 6.29 Å². The molecule has 0 aliphatic rings. The number of hydrogen-bond donors (Lipinski definition) is 0. The van der Waals surface area contributed by atoms with E-state index in [2.05, 4.69) is 38.1 Å². The first-order valence-electron chi connectivity index (χ1n) is 6.23. The van der Waals surface area contributed by atoms with E-state index in [0.717, 1.165) is 25.5 Å². The molecule has 1 nitrogen and oxygen atoms in total. The van der Waals surface area contributed by atoms with Gasteiger partial charge >= 0.3 is 0 Å². The maximum atomic E-state index is 10.8. The Morgan fingerprint density at radius 1 is 1.12 bits per heavy atom. The lowest BCUT2D eigenvalue weighted by molar-refractivity contribution is -0.112. The maximum absolute atomic E-state index is 10.8. The van der Waals surface area contributed by atoms with Crippen molar-refractivity contribution in [2.24, 2.45) is 11.8 Å². The Morgan fingerprint density at radius 3 is 2.38 bits per heavy atom. The first-order chi connectivity index (χ1) is 7.74. The molecule has 0 N–H and O–H groups in total. The summed E-state index contributed by atoms with van der Waals surface area (Å²) in [4.78, 5) is 10.8. The Bertz CT molecular complexity index is 290. The van der Waals surface area contributed by atoms with Gasteiger partial charge < -0.3 is 4.79 Å². The number of carbonyl (C=O) groups is 1. The summed E-state index contributed by atoms with van der Waals surface area (Å²) >= 11 is 0. The maximum Gasteiger partial charge on any atom is 0.123 e. The Kier molecular flexibility index (Phi) is 5.84. The van der Waals surface area contributed by atoms with Crippen molar-refractivity contribution in [1.82, 2.24) is 0 Å². The highest BCUT2D eigenvalue weighted by Crippen LogP contribution is 2.16. The van der Waals surface area contributed by atoms with Crippen LogP contribution in [0, 0.1) is 11.8 Å². The van der Waals surface area contributed by atoms with Gasteiger partial charge in [-0.3, -0.25) is 0 Å². The van der Waals surface area contributed by atoms with Gasteiger partial charge in [0.05, 0.1) is 0 Å². The van der Waals surface area contributed by atoms with Gasteiger partial charge in [-0.1, -0.05) is 50.6 Å². The van der Waals surface area contributed by atoms with Crippen molar-refractivity contribution < 1.29 is 4.79 Å². The number of rotatable bonds is 7. The van der Waals surface area contributed by atoms with Crippen LogP contribution in [0.3, 0.4) is 0 Å². The summed E-state index contributed by atoms with van der Waals surface area (Å²) in [5.41, 5.74) is 1.40. The molecule has 1 atom stereocenters. The van der Waals surface area contributed by atoms with Crippen LogP contribution < -0.4 is 0 Å². The third-order valence-electron chi connectivity index (χ3n) is 3.13. The van der Waals surface area contributed by atoms with Gasteiger partial charge in [0.1, 0.15) is 6.29 Å². The summed E-state index contributed by atoms with van der Waals surface area (Å²) in [6.45, 7) is 4.24. The Labute approximate surface area is 98.9 Å². The molecule has 0 amide bonds. The molecule has 0 aromatic heterocycles. The van der Waals surface area contributed by atoms with Crippen molar-refractivity contribution in [3.05, 3.63) is 35.9 Å². The van der Waals surface area contributed by atoms with Crippen LogP contribution in [0.5, 0.6) is 0 Å². The molecule has 0 spiro atoms. The van der Waals surface area contributed by atoms with Gasteiger partial charge in [0, 0.05) is 5.92 Å². The Hall–Kier alpha value is -1.11. The molecule has 0 radical (unpaired) electrons. The molecule has 0 saturated carbocycles. The van der Waals surface area contributed by atoms with Gasteiger partial charge in [-0.15, -0.1) is 0 Å². The average Bonchev–Trinajstić information content (AvgIpc) is 2.30. The van der Waals surface area contributed by atoms with E-state index >= 15 is 0 Å². The molecule has 0 aliphatic carbocycles. The molecule has 16 heavy (non-hydrogen) atoms. The second-order valence-corrected chi connectivity index (χ2v) is 4.78. The molecule has 1 unspecified atom stereocenters. The number of aldehydes is 1. The fourth-order valence-electron chi connectivity index (χ4n) is 1.91. The zero-order valence-corrected chi connectivity index (χ0v) is 10.4. The van der Waals surface area contributed by atoms with E-state index in [1.807, 2.05) is 6.07 Å². The number of carbonyl (C=O) groups excluding carboxylic acids is 1.